The molecule has 0 aliphatic rings. The second-order valence-corrected chi connectivity index (χ2v) is 5.97. The predicted octanol–water partition coefficient (Wildman–Crippen LogP) is 3.18. The molecule has 0 saturated carbocycles. The van der Waals surface area contributed by atoms with E-state index in [2.05, 4.69) is 0 Å². The summed E-state index contributed by atoms with van der Waals surface area (Å²) in [7, 11) is 1.54. The molecule has 1 atom stereocenters. The largest absolute Gasteiger partial charge is 0.335 e. The van der Waals surface area contributed by atoms with Gasteiger partial charge in [-0.25, -0.2) is 0 Å². The number of carbonyl (C=O) groups is 2. The molecule has 0 spiro atoms. The van der Waals surface area contributed by atoms with Gasteiger partial charge >= 0.3 is 0 Å². The average Bonchev–Trinajstić information content (AvgIpc) is 2.60. The van der Waals surface area contributed by atoms with E-state index in [9.17, 15) is 19.7 Å². The summed E-state index contributed by atoms with van der Waals surface area (Å²) < 4.78 is 0. The summed E-state index contributed by atoms with van der Waals surface area (Å²) in [5.41, 5.74) is 1.81. The summed E-state index contributed by atoms with van der Waals surface area (Å²) in [6.07, 6.45) is -0.126. The monoisotopic (exact) mass is 340 g/mol. The molecule has 0 N–H and O–H groups in total. The van der Waals surface area contributed by atoms with E-state index in [1.165, 1.54) is 18.0 Å². The van der Waals surface area contributed by atoms with Crippen molar-refractivity contribution in [1.82, 2.24) is 4.90 Å². The fourth-order valence-corrected chi connectivity index (χ4v) is 2.48. The van der Waals surface area contributed by atoms with Crippen LogP contribution < -0.4 is 0 Å². The van der Waals surface area contributed by atoms with E-state index in [0.29, 0.717) is 11.1 Å². The van der Waals surface area contributed by atoms with E-state index in [0.717, 1.165) is 5.56 Å². The number of ketones is 1. The first kappa shape index (κ1) is 18.3. The van der Waals surface area contributed by atoms with Crippen LogP contribution in [0.15, 0.2) is 48.5 Å². The molecule has 0 heterocycles. The summed E-state index contributed by atoms with van der Waals surface area (Å²) >= 11 is 0. The molecule has 130 valence electrons. The van der Waals surface area contributed by atoms with Crippen LogP contribution in [-0.4, -0.2) is 34.6 Å². The highest BCUT2D eigenvalue weighted by Crippen LogP contribution is 2.19. The van der Waals surface area contributed by atoms with Crippen molar-refractivity contribution >= 4 is 17.4 Å². The Bertz CT molecular complexity index is 799. The van der Waals surface area contributed by atoms with E-state index in [1.807, 2.05) is 19.1 Å². The first-order valence-electron chi connectivity index (χ1n) is 7.90. The number of hydrogen-bond acceptors (Lipinski definition) is 4. The summed E-state index contributed by atoms with van der Waals surface area (Å²) in [5.74, 6) is -0.513. The van der Waals surface area contributed by atoms with Crippen LogP contribution >= 0.6 is 0 Å². The molecule has 0 aromatic heterocycles. The minimum absolute atomic E-state index is 0.0956. The molecular weight excluding hydrogens is 320 g/mol. The number of benzene rings is 2. The maximum Gasteiger partial charge on any atom is 0.273 e. The third-order valence-corrected chi connectivity index (χ3v) is 4.22. The molecule has 0 bridgehead atoms. The van der Waals surface area contributed by atoms with Gasteiger partial charge in [0, 0.05) is 24.2 Å². The van der Waals surface area contributed by atoms with Crippen LogP contribution in [0.3, 0.4) is 0 Å². The lowest BCUT2D eigenvalue weighted by atomic mass is 10.0. The van der Waals surface area contributed by atoms with Crippen LogP contribution in [-0.2, 0) is 11.2 Å². The smallest absolute Gasteiger partial charge is 0.273 e. The van der Waals surface area contributed by atoms with Gasteiger partial charge in [-0.1, -0.05) is 48.0 Å². The van der Waals surface area contributed by atoms with Gasteiger partial charge in [0.1, 0.15) is 0 Å². The highest BCUT2D eigenvalue weighted by atomic mass is 16.6. The number of amides is 1. The molecule has 2 aromatic carbocycles. The number of para-hydroxylation sites is 1. The minimum Gasteiger partial charge on any atom is -0.335 e. The Kier molecular flexibility index (Phi) is 5.64. The molecule has 0 saturated heterocycles. The molecule has 0 aliphatic carbocycles. The van der Waals surface area contributed by atoms with Gasteiger partial charge in [0.05, 0.1) is 17.4 Å². The van der Waals surface area contributed by atoms with E-state index in [-0.39, 0.29) is 23.8 Å². The van der Waals surface area contributed by atoms with Crippen LogP contribution in [0.25, 0.3) is 0 Å². The number of carbonyl (C=O) groups excluding carboxylic acids is 2. The Morgan fingerprint density at radius 3 is 2.32 bits per heavy atom. The molecule has 0 aliphatic heterocycles. The van der Waals surface area contributed by atoms with Crippen molar-refractivity contribution in [2.45, 2.75) is 26.3 Å². The Hall–Kier alpha value is -3.02. The summed E-state index contributed by atoms with van der Waals surface area (Å²) in [4.78, 5) is 36.9. The maximum atomic E-state index is 12.5. The number of rotatable bonds is 6. The Labute approximate surface area is 146 Å². The molecule has 25 heavy (non-hydrogen) atoms. The quantitative estimate of drug-likeness (QED) is 0.459. The van der Waals surface area contributed by atoms with Crippen molar-refractivity contribution in [3.8, 4) is 0 Å². The van der Waals surface area contributed by atoms with Crippen molar-refractivity contribution in [2.75, 3.05) is 7.05 Å². The zero-order valence-electron chi connectivity index (χ0n) is 14.4. The lowest BCUT2D eigenvalue weighted by molar-refractivity contribution is -0.385. The Balaban J connectivity index is 2.12. The summed E-state index contributed by atoms with van der Waals surface area (Å²) in [6.45, 7) is 3.58. The van der Waals surface area contributed by atoms with Gasteiger partial charge in [-0.2, -0.15) is 0 Å². The van der Waals surface area contributed by atoms with Crippen molar-refractivity contribution in [3.63, 3.8) is 0 Å². The normalized spacial score (nSPS) is 11.6. The minimum atomic E-state index is -0.655. The highest BCUT2D eigenvalue weighted by Gasteiger charge is 2.25. The number of nitro groups is 1. The van der Waals surface area contributed by atoms with Crippen LogP contribution in [0, 0.1) is 17.0 Å². The summed E-state index contributed by atoms with van der Waals surface area (Å²) in [6, 6.07) is 12.6. The number of aryl methyl sites for hydroxylation is 1. The van der Waals surface area contributed by atoms with Gasteiger partial charge < -0.3 is 4.90 Å². The standard InChI is InChI=1S/C19H20N2O4/c1-13-8-10-15(11-9-13)19(23)14(2)20(3)18(22)12-16-6-4-5-7-17(16)21(24)25/h4-11,14H,12H2,1-3H3. The molecule has 1 unspecified atom stereocenters. The van der Waals surface area contributed by atoms with Crippen LogP contribution in [0.4, 0.5) is 5.69 Å². The van der Waals surface area contributed by atoms with Gasteiger partial charge in [0.25, 0.3) is 5.69 Å². The average molecular weight is 340 g/mol. The molecule has 6 nitrogen and oxygen atoms in total. The predicted molar refractivity (Wildman–Crippen MR) is 94.5 cm³/mol. The topological polar surface area (TPSA) is 80.5 Å². The second kappa shape index (κ2) is 7.70. The van der Waals surface area contributed by atoms with E-state index < -0.39 is 11.0 Å². The van der Waals surface area contributed by atoms with Gasteiger partial charge in [-0.3, -0.25) is 19.7 Å². The third-order valence-electron chi connectivity index (χ3n) is 4.22. The molecule has 6 heteroatoms. The van der Waals surface area contributed by atoms with Crippen LogP contribution in [0.2, 0.25) is 0 Å². The molecular formula is C19H20N2O4. The third kappa shape index (κ3) is 4.29. The van der Waals surface area contributed by atoms with Gasteiger partial charge in [0.15, 0.2) is 5.78 Å². The fraction of sp³-hybridized carbons (Fsp3) is 0.263. The lowest BCUT2D eigenvalue weighted by Crippen LogP contribution is -2.41. The summed E-state index contributed by atoms with van der Waals surface area (Å²) in [5, 5.41) is 11.1. The first-order valence-corrected chi connectivity index (χ1v) is 7.90. The van der Waals surface area contributed by atoms with Crippen molar-refractivity contribution in [1.29, 1.82) is 0 Å². The van der Waals surface area contributed by atoms with E-state index in [1.54, 1.807) is 37.3 Å². The Morgan fingerprint density at radius 2 is 1.72 bits per heavy atom. The van der Waals surface area contributed by atoms with Gasteiger partial charge in [0.2, 0.25) is 5.91 Å². The highest BCUT2D eigenvalue weighted by molar-refractivity contribution is 6.01. The van der Waals surface area contributed by atoms with Crippen LogP contribution in [0.1, 0.15) is 28.4 Å². The molecule has 2 aromatic rings. The fourth-order valence-electron chi connectivity index (χ4n) is 2.48. The van der Waals surface area contributed by atoms with Crippen molar-refractivity contribution < 1.29 is 14.5 Å². The number of nitrogens with zero attached hydrogens (tertiary/aromatic N) is 2. The molecule has 0 fully saturated rings. The maximum absolute atomic E-state index is 12.5. The number of likely N-dealkylation sites (N-methyl/N-ethyl adjacent to an activating group) is 1. The van der Waals surface area contributed by atoms with Crippen molar-refractivity contribution in [3.05, 3.63) is 75.3 Å². The molecule has 1 amide bonds. The Morgan fingerprint density at radius 1 is 1.12 bits per heavy atom. The first-order chi connectivity index (χ1) is 11.8. The van der Waals surface area contributed by atoms with Crippen LogP contribution in [0.5, 0.6) is 0 Å². The van der Waals surface area contributed by atoms with E-state index in [4.69, 9.17) is 0 Å². The van der Waals surface area contributed by atoms with E-state index >= 15 is 0 Å². The lowest BCUT2D eigenvalue weighted by Gasteiger charge is -2.24. The zero-order chi connectivity index (χ0) is 18.6. The zero-order valence-corrected chi connectivity index (χ0v) is 14.4. The van der Waals surface area contributed by atoms with Gasteiger partial charge in [-0.15, -0.1) is 0 Å². The number of Topliss-reactive ketones (excluding diaryl/α,β-unsaturated/α-hetero) is 1. The molecule has 2 rings (SSSR count). The van der Waals surface area contributed by atoms with Crippen molar-refractivity contribution in [2.24, 2.45) is 0 Å². The second-order valence-electron chi connectivity index (χ2n) is 5.97. The molecule has 0 radical (unpaired) electrons. The number of hydrogen-bond donors (Lipinski definition) is 0. The van der Waals surface area contributed by atoms with Gasteiger partial charge in [-0.05, 0) is 13.8 Å². The SMILES string of the molecule is Cc1ccc(C(=O)C(C)N(C)C(=O)Cc2ccccc2[N+](=O)[O-])cc1. The number of nitro benzene ring substituents is 1.